The Kier molecular flexibility index (Phi) is 7.38. The molecule has 5 heterocycles. The Balaban J connectivity index is 1.46. The number of aliphatic imine (C=N–C) groups is 1. The fraction of sp³-hybridized carbons (Fsp3) is 0.375. The highest BCUT2D eigenvalue weighted by Gasteiger charge is 2.44. The van der Waals surface area contributed by atoms with Crippen LogP contribution < -0.4 is 4.72 Å². The number of hydrogen-bond acceptors (Lipinski definition) is 7. The summed E-state index contributed by atoms with van der Waals surface area (Å²) >= 11 is 7.71. The lowest BCUT2D eigenvalue weighted by Crippen LogP contribution is -2.46. The zero-order valence-electron chi connectivity index (χ0n) is 20.8. The number of fused-ring (bicyclic) bond motifs is 1. The van der Waals surface area contributed by atoms with Gasteiger partial charge in [-0.1, -0.05) is 17.7 Å². The van der Waals surface area contributed by atoms with Crippen LogP contribution >= 0.6 is 22.9 Å². The van der Waals surface area contributed by atoms with Crippen molar-refractivity contribution < 1.29 is 30.4 Å². The van der Waals surface area contributed by atoms with E-state index in [4.69, 9.17) is 16.6 Å². The summed E-state index contributed by atoms with van der Waals surface area (Å²) in [6.07, 6.45) is -1.13. The van der Waals surface area contributed by atoms with Crippen molar-refractivity contribution in [2.24, 2.45) is 4.99 Å². The number of rotatable bonds is 7. The molecular weight excluding hydrogens is 613 g/mol. The van der Waals surface area contributed by atoms with E-state index < -0.39 is 60.1 Å². The summed E-state index contributed by atoms with van der Waals surface area (Å²) in [7, 11) is -4.27. The minimum Gasteiger partial charge on any atom is -0.326 e. The van der Waals surface area contributed by atoms with Gasteiger partial charge in [-0.05, 0) is 18.2 Å². The van der Waals surface area contributed by atoms with Crippen LogP contribution in [0, 0.1) is 5.82 Å². The Morgan fingerprint density at radius 1 is 1.12 bits per heavy atom. The second-order valence-electron chi connectivity index (χ2n) is 9.66. The summed E-state index contributed by atoms with van der Waals surface area (Å²) in [4.78, 5) is 10.9. The number of halogens is 6. The van der Waals surface area contributed by atoms with Crippen LogP contribution in [0.3, 0.4) is 0 Å². The predicted octanol–water partition coefficient (Wildman–Crippen LogP) is 4.34. The molecule has 2 fully saturated rings. The fourth-order valence-electron chi connectivity index (χ4n) is 5.21. The van der Waals surface area contributed by atoms with Crippen molar-refractivity contribution >= 4 is 44.6 Å². The van der Waals surface area contributed by atoms with Gasteiger partial charge in [-0.25, -0.2) is 22.8 Å². The monoisotopic (exact) mass is 633 g/mol. The van der Waals surface area contributed by atoms with E-state index in [1.165, 1.54) is 29.5 Å². The molecule has 0 aliphatic carbocycles. The molecule has 17 heteroatoms. The Bertz CT molecular complexity index is 1620. The lowest BCUT2D eigenvalue weighted by molar-refractivity contribution is 0.0564. The minimum atomic E-state index is -4.27. The molecule has 41 heavy (non-hydrogen) atoms. The summed E-state index contributed by atoms with van der Waals surface area (Å²) < 4.78 is 98.3. The Morgan fingerprint density at radius 3 is 2.51 bits per heavy atom. The number of aromatic nitrogens is 3. The molecule has 2 saturated heterocycles. The fourth-order valence-corrected chi connectivity index (χ4v) is 7.52. The first-order valence-corrected chi connectivity index (χ1v) is 15.0. The maximum atomic E-state index is 14.0. The maximum absolute atomic E-state index is 14.0. The Labute approximate surface area is 240 Å². The maximum Gasteiger partial charge on any atom is 0.333 e. The number of alkyl halides is 4. The highest BCUT2D eigenvalue weighted by atomic mass is 35.5. The standard InChI is InChI=1S/C24H21ClF5N7O2S2/c25-15-7-12(26)1-2-14(15)21-20(18-3-5-37(33-18)24(29)30)19-8-13(9-36(19)22(32-21)23-31-4-6-40-23)34-41(38,39)35-10-16(27)17(28)11-35/h1-7,13,16-17,21,24,34H,8-11H2/t13-,16-,17+,21-/m0/s1. The van der Waals surface area contributed by atoms with E-state index in [2.05, 4.69) is 14.8 Å². The molecule has 0 unspecified atom stereocenters. The number of hydrogen-bond donors (Lipinski definition) is 1. The van der Waals surface area contributed by atoms with Crippen molar-refractivity contribution in [3.63, 3.8) is 0 Å². The number of nitrogens with zero attached hydrogens (tertiary/aromatic N) is 6. The molecule has 0 saturated carbocycles. The lowest BCUT2D eigenvalue weighted by Gasteiger charge is -2.32. The average molecular weight is 634 g/mol. The highest BCUT2D eigenvalue weighted by molar-refractivity contribution is 7.87. The SMILES string of the molecule is O=S(=O)(N[C@H]1CC2=C(c3ccn(C(F)F)n3)[C@H](c3ccc(F)cc3Cl)N=C(c3nccs3)N2C1)N1C[C@@H](F)[C@@H](F)C1. The molecule has 0 spiro atoms. The molecule has 1 aromatic carbocycles. The molecule has 3 aliphatic rings. The molecule has 6 rings (SSSR count). The largest absolute Gasteiger partial charge is 0.333 e. The van der Waals surface area contributed by atoms with Gasteiger partial charge < -0.3 is 4.90 Å². The molecule has 0 bridgehead atoms. The van der Waals surface area contributed by atoms with E-state index >= 15 is 0 Å². The van der Waals surface area contributed by atoms with Gasteiger partial charge >= 0.3 is 6.55 Å². The van der Waals surface area contributed by atoms with Gasteiger partial charge in [0.15, 0.2) is 10.8 Å². The van der Waals surface area contributed by atoms with Crippen LogP contribution in [0.4, 0.5) is 22.0 Å². The van der Waals surface area contributed by atoms with Crippen molar-refractivity contribution in [3.8, 4) is 0 Å². The van der Waals surface area contributed by atoms with Crippen LogP contribution in [-0.4, -0.2) is 76.2 Å². The second kappa shape index (κ2) is 10.7. The van der Waals surface area contributed by atoms with E-state index in [9.17, 15) is 30.4 Å². The predicted molar refractivity (Wildman–Crippen MR) is 142 cm³/mol. The number of thiazole rings is 1. The lowest BCUT2D eigenvalue weighted by atomic mass is 9.92. The average Bonchev–Trinajstić information content (AvgIpc) is 3.71. The van der Waals surface area contributed by atoms with Crippen molar-refractivity contribution in [2.75, 3.05) is 19.6 Å². The van der Waals surface area contributed by atoms with Crippen molar-refractivity contribution in [3.05, 3.63) is 74.8 Å². The number of nitrogens with one attached hydrogen (secondary N) is 1. The summed E-state index contributed by atoms with van der Waals surface area (Å²) in [5, 5.41) is 6.30. The smallest absolute Gasteiger partial charge is 0.326 e. The van der Waals surface area contributed by atoms with Crippen LogP contribution in [0.2, 0.25) is 5.02 Å². The quantitative estimate of drug-likeness (QED) is 0.391. The first-order chi connectivity index (χ1) is 19.5. The highest BCUT2D eigenvalue weighted by Crippen LogP contribution is 2.46. The van der Waals surface area contributed by atoms with Gasteiger partial charge in [0.2, 0.25) is 0 Å². The Hall–Kier alpha value is -2.92. The third-order valence-corrected chi connectivity index (χ3v) is 9.73. The molecule has 9 nitrogen and oxygen atoms in total. The van der Waals surface area contributed by atoms with E-state index in [1.54, 1.807) is 16.5 Å². The van der Waals surface area contributed by atoms with Crippen molar-refractivity contribution in [2.45, 2.75) is 37.4 Å². The van der Waals surface area contributed by atoms with Gasteiger partial charge in [-0.15, -0.1) is 11.3 Å². The molecule has 4 atom stereocenters. The van der Waals surface area contributed by atoms with Crippen LogP contribution in [0.25, 0.3) is 5.57 Å². The molecule has 1 N–H and O–H groups in total. The van der Waals surface area contributed by atoms with Gasteiger partial charge in [0, 0.05) is 71.7 Å². The van der Waals surface area contributed by atoms with Gasteiger partial charge in [0.1, 0.15) is 24.2 Å². The van der Waals surface area contributed by atoms with Gasteiger partial charge in [0.05, 0.1) is 5.69 Å². The molecule has 218 valence electrons. The van der Waals surface area contributed by atoms with E-state index in [0.717, 1.165) is 16.6 Å². The second-order valence-corrected chi connectivity index (χ2v) is 12.7. The molecule has 0 amide bonds. The first kappa shape index (κ1) is 28.2. The molecule has 3 aromatic rings. The summed E-state index contributed by atoms with van der Waals surface area (Å²) in [5.74, 6) is -0.215. The summed E-state index contributed by atoms with van der Waals surface area (Å²) in [5.41, 5.74) is 1.39. The summed E-state index contributed by atoms with van der Waals surface area (Å²) in [6.45, 7) is -4.08. The van der Waals surface area contributed by atoms with E-state index in [1.807, 2.05) is 0 Å². The third kappa shape index (κ3) is 5.27. The summed E-state index contributed by atoms with van der Waals surface area (Å²) in [6, 6.07) is 3.42. The topological polar surface area (TPSA) is 95.7 Å². The zero-order valence-corrected chi connectivity index (χ0v) is 23.2. The molecule has 2 aromatic heterocycles. The number of amidine groups is 1. The van der Waals surface area contributed by atoms with Crippen LogP contribution in [0.5, 0.6) is 0 Å². The van der Waals surface area contributed by atoms with Gasteiger partial charge in [-0.3, -0.25) is 4.99 Å². The van der Waals surface area contributed by atoms with Gasteiger partial charge in [0.25, 0.3) is 10.2 Å². The van der Waals surface area contributed by atoms with Crippen molar-refractivity contribution in [1.29, 1.82) is 0 Å². The number of benzene rings is 1. The third-order valence-electron chi connectivity index (χ3n) is 7.03. The van der Waals surface area contributed by atoms with Crippen molar-refractivity contribution in [1.82, 2.24) is 28.7 Å². The molecule has 3 aliphatic heterocycles. The molecular formula is C24H21ClF5N7O2S2. The van der Waals surface area contributed by atoms with Crippen LogP contribution in [0.1, 0.15) is 35.3 Å². The van der Waals surface area contributed by atoms with E-state index in [-0.39, 0.29) is 23.7 Å². The van der Waals surface area contributed by atoms with Crippen LogP contribution in [0.15, 0.2) is 52.7 Å². The van der Waals surface area contributed by atoms with E-state index in [0.29, 0.717) is 32.4 Å². The van der Waals surface area contributed by atoms with Gasteiger partial charge in [-0.2, -0.15) is 31.3 Å². The minimum absolute atomic E-state index is 0.0444. The zero-order chi connectivity index (χ0) is 29.1. The normalized spacial score (nSPS) is 25.3. The van der Waals surface area contributed by atoms with Crippen LogP contribution in [-0.2, 0) is 10.2 Å². The Morgan fingerprint density at radius 2 is 1.88 bits per heavy atom. The molecule has 0 radical (unpaired) electrons. The first-order valence-electron chi connectivity index (χ1n) is 12.3.